The summed E-state index contributed by atoms with van der Waals surface area (Å²) in [6.45, 7) is 0.209. The molecule has 3 aliphatic rings. The number of carbonyl (C=O) groups excluding carboxylic acids is 2. The highest BCUT2D eigenvalue weighted by molar-refractivity contribution is 7.92. The molecule has 2 aromatic rings. The summed E-state index contributed by atoms with van der Waals surface area (Å²) in [5.41, 5.74) is -7.77. The zero-order valence-electron chi connectivity index (χ0n) is 23.8. The van der Waals surface area contributed by atoms with Gasteiger partial charge in [0.15, 0.2) is 9.84 Å². The maximum Gasteiger partial charge on any atom is 0.435 e. The van der Waals surface area contributed by atoms with E-state index < -0.39 is 61.7 Å². The lowest BCUT2D eigenvalue weighted by molar-refractivity contribution is -0.348. The second-order valence-corrected chi connectivity index (χ2v) is 14.2. The van der Waals surface area contributed by atoms with E-state index in [1.807, 2.05) is 0 Å². The number of esters is 1. The van der Waals surface area contributed by atoms with Crippen LogP contribution in [0.25, 0.3) is 0 Å². The normalized spacial score (nSPS) is 26.8. The van der Waals surface area contributed by atoms with Crippen molar-refractivity contribution in [1.29, 1.82) is 0 Å². The van der Waals surface area contributed by atoms with Crippen LogP contribution in [0.2, 0.25) is 0 Å². The Bertz CT molecular complexity index is 1570. The maximum atomic E-state index is 15.0. The minimum absolute atomic E-state index is 0.0131. The smallest absolute Gasteiger partial charge is 0.435 e. The zero-order chi connectivity index (χ0) is 33.2. The summed E-state index contributed by atoms with van der Waals surface area (Å²) in [4.78, 5) is 24.8. The molecule has 3 aliphatic carbocycles. The molecule has 45 heavy (non-hydrogen) atoms. The van der Waals surface area contributed by atoms with Gasteiger partial charge >= 0.3 is 24.0 Å². The van der Waals surface area contributed by atoms with Crippen LogP contribution in [0, 0.1) is 29.5 Å². The van der Waals surface area contributed by atoms with E-state index in [-0.39, 0.29) is 66.1 Å². The van der Waals surface area contributed by atoms with Crippen LogP contribution in [-0.2, 0) is 41.0 Å². The first-order valence-corrected chi connectivity index (χ1v) is 15.7. The molecule has 3 atom stereocenters. The largest absolute Gasteiger partial charge is 0.469 e. The predicted molar refractivity (Wildman–Crippen MR) is 142 cm³/mol. The Morgan fingerprint density at radius 1 is 0.956 bits per heavy atom. The van der Waals surface area contributed by atoms with Crippen molar-refractivity contribution < 1.29 is 57.9 Å². The van der Waals surface area contributed by atoms with E-state index in [4.69, 9.17) is 4.74 Å². The molecule has 0 radical (unpaired) electrons. The van der Waals surface area contributed by atoms with Crippen LogP contribution >= 0.6 is 0 Å². The number of methoxy groups -OCH3 is 1. The Hall–Kier alpha value is -3.23. The van der Waals surface area contributed by atoms with Gasteiger partial charge in [0.25, 0.3) is 0 Å². The van der Waals surface area contributed by atoms with Crippen LogP contribution in [0.1, 0.15) is 48.8 Å². The number of rotatable bonds is 7. The summed E-state index contributed by atoms with van der Waals surface area (Å²) in [7, 11) is -3.27. The van der Waals surface area contributed by atoms with Crippen molar-refractivity contribution >= 4 is 21.7 Å². The van der Waals surface area contributed by atoms with Crippen LogP contribution in [0.4, 0.5) is 35.1 Å². The Morgan fingerprint density at radius 2 is 1.58 bits per heavy atom. The summed E-state index contributed by atoms with van der Waals surface area (Å²) < 4.78 is 141. The van der Waals surface area contributed by atoms with Gasteiger partial charge in [0.2, 0.25) is 5.91 Å². The van der Waals surface area contributed by atoms with Crippen LogP contribution < -0.4 is 5.32 Å². The zero-order valence-corrected chi connectivity index (χ0v) is 24.6. The number of hydrogen-bond acceptors (Lipinski definition) is 5. The molecule has 246 valence electrons. The second kappa shape index (κ2) is 11.2. The molecule has 0 unspecified atom stereocenters. The van der Waals surface area contributed by atoms with Crippen LogP contribution in [-0.4, -0.2) is 46.3 Å². The second-order valence-electron chi connectivity index (χ2n) is 12.0. The lowest BCUT2D eigenvalue weighted by Gasteiger charge is -2.42. The maximum absolute atomic E-state index is 15.0. The Labute approximate surface area is 253 Å². The Balaban J connectivity index is 1.53. The number of ether oxygens (including phenoxy) is 1. The van der Waals surface area contributed by atoms with Gasteiger partial charge in [0.1, 0.15) is 10.6 Å². The van der Waals surface area contributed by atoms with Gasteiger partial charge in [-0.25, -0.2) is 17.2 Å². The highest BCUT2D eigenvalue weighted by atomic mass is 32.2. The lowest BCUT2D eigenvalue weighted by Crippen LogP contribution is -2.51. The summed E-state index contributed by atoms with van der Waals surface area (Å²) in [6, 6.07) is 5.29. The number of nitrogens with one attached hydrogen (secondary N) is 1. The van der Waals surface area contributed by atoms with E-state index >= 15 is 0 Å². The van der Waals surface area contributed by atoms with Gasteiger partial charge in [-0.15, -0.1) is 0 Å². The van der Waals surface area contributed by atoms with Gasteiger partial charge in [-0.2, -0.15) is 26.3 Å². The van der Waals surface area contributed by atoms with Crippen LogP contribution in [0.3, 0.4) is 0 Å². The quantitative estimate of drug-likeness (QED) is 0.220. The van der Waals surface area contributed by atoms with Crippen molar-refractivity contribution in [2.24, 2.45) is 23.7 Å². The number of halogens is 8. The third-order valence-electron chi connectivity index (χ3n) is 9.65. The third kappa shape index (κ3) is 5.18. The summed E-state index contributed by atoms with van der Waals surface area (Å²) in [6.07, 6.45) is -12.3. The average molecular weight is 668 g/mol. The number of carbonyl (C=O) groups is 2. The van der Waals surface area contributed by atoms with Gasteiger partial charge in [0, 0.05) is 18.0 Å². The van der Waals surface area contributed by atoms with Gasteiger partial charge in [-0.3, -0.25) is 9.59 Å². The lowest BCUT2D eigenvalue weighted by atomic mass is 9.72. The molecule has 2 saturated carbocycles. The highest BCUT2D eigenvalue weighted by Gasteiger charge is 2.74. The van der Waals surface area contributed by atoms with Crippen molar-refractivity contribution in [2.75, 3.05) is 13.7 Å². The van der Waals surface area contributed by atoms with Crippen LogP contribution in [0.5, 0.6) is 0 Å². The number of fused-ring (bicyclic) bond motifs is 3. The Morgan fingerprint density at radius 3 is 2.16 bits per heavy atom. The SMILES string of the molecule is COC(=O)C1CC(CNC(=O)[C@@H]2CC[C@@]3(S(=O)(=O)c4ccc(F)cc4)c4ccc(C(F)(C(F)(F)F)C(F)(F)F)cc4CC[C@@H]23)C1. The number of sulfone groups is 1. The molecule has 15 heteroatoms. The highest BCUT2D eigenvalue weighted by Crippen LogP contribution is 2.60. The molecule has 0 aliphatic heterocycles. The molecule has 0 heterocycles. The molecule has 2 aromatic carbocycles. The minimum atomic E-state index is -6.36. The molecular formula is C30H29F8NO5S. The van der Waals surface area contributed by atoms with Crippen molar-refractivity contribution in [3.8, 4) is 0 Å². The van der Waals surface area contributed by atoms with E-state index in [0.29, 0.717) is 25.0 Å². The molecule has 0 spiro atoms. The predicted octanol–water partition coefficient (Wildman–Crippen LogP) is 6.07. The molecule has 0 aromatic heterocycles. The van der Waals surface area contributed by atoms with Crippen molar-refractivity contribution in [2.45, 2.75) is 66.2 Å². The van der Waals surface area contributed by atoms with E-state index in [1.165, 1.54) is 7.11 Å². The van der Waals surface area contributed by atoms with Gasteiger partial charge in [0.05, 0.1) is 17.9 Å². The molecule has 0 bridgehead atoms. The van der Waals surface area contributed by atoms with Gasteiger partial charge in [-0.05, 0) is 85.8 Å². The van der Waals surface area contributed by atoms with Crippen molar-refractivity contribution in [1.82, 2.24) is 5.32 Å². The van der Waals surface area contributed by atoms with E-state index in [1.54, 1.807) is 0 Å². The number of hydrogen-bond donors (Lipinski definition) is 1. The van der Waals surface area contributed by atoms with E-state index in [0.717, 1.165) is 30.3 Å². The number of amides is 1. The fourth-order valence-corrected chi connectivity index (χ4v) is 9.80. The molecular weight excluding hydrogens is 638 g/mol. The minimum Gasteiger partial charge on any atom is -0.469 e. The van der Waals surface area contributed by atoms with Crippen molar-refractivity contribution in [3.63, 3.8) is 0 Å². The standard InChI is InChI=1S/C30H29F8NO5S/c1-44-26(41)18-12-16(13-18)15-39-25(40)22-10-11-27(45(42,43)21-6-4-20(31)5-7-21)23-9-3-19(14-17(23)2-8-24(22)27)28(32,29(33,34)35)30(36,37)38/h3-7,9,14,16,18,22,24H,2,8,10-13,15H2,1H3,(H,39,40)/t16?,18?,22-,24+,27-/m1/s1. The fourth-order valence-electron chi connectivity index (χ4n) is 7.33. The first-order chi connectivity index (χ1) is 20.9. The average Bonchev–Trinajstić information content (AvgIpc) is 3.36. The topological polar surface area (TPSA) is 89.5 Å². The number of alkyl halides is 7. The molecule has 6 nitrogen and oxygen atoms in total. The fraction of sp³-hybridized carbons (Fsp3) is 0.533. The number of aryl methyl sites for hydroxylation is 1. The third-order valence-corrected chi connectivity index (χ3v) is 12.2. The molecule has 5 rings (SSSR count). The molecule has 1 N–H and O–H groups in total. The van der Waals surface area contributed by atoms with Gasteiger partial charge in [-0.1, -0.05) is 18.2 Å². The van der Waals surface area contributed by atoms with Crippen LogP contribution in [0.15, 0.2) is 47.4 Å². The first kappa shape index (κ1) is 33.1. The van der Waals surface area contributed by atoms with Gasteiger partial charge < -0.3 is 10.1 Å². The summed E-state index contributed by atoms with van der Waals surface area (Å²) >= 11 is 0. The summed E-state index contributed by atoms with van der Waals surface area (Å²) in [5, 5.41) is 2.80. The molecule has 2 fully saturated rings. The summed E-state index contributed by atoms with van der Waals surface area (Å²) in [5.74, 6) is -3.72. The monoisotopic (exact) mass is 667 g/mol. The van der Waals surface area contributed by atoms with E-state index in [9.17, 15) is 53.1 Å². The molecule has 0 saturated heterocycles. The Kier molecular flexibility index (Phi) is 8.27. The first-order valence-electron chi connectivity index (χ1n) is 14.2. The molecule has 1 amide bonds. The number of benzene rings is 2. The van der Waals surface area contributed by atoms with E-state index in [2.05, 4.69) is 5.32 Å². The van der Waals surface area contributed by atoms with Crippen molar-refractivity contribution in [3.05, 3.63) is 65.0 Å².